The number of nitrogens with one attached hydrogen (secondary N) is 3. The molecule has 3 atom stereocenters. The van der Waals surface area contributed by atoms with Gasteiger partial charge in [-0.15, -0.1) is 0 Å². The highest BCUT2D eigenvalue weighted by Crippen LogP contribution is 2.47. The topological polar surface area (TPSA) is 88.7 Å². The molecule has 2 aliphatic rings. The fraction of sp³-hybridized carbons (Fsp3) is 0.333. The summed E-state index contributed by atoms with van der Waals surface area (Å²) in [5.41, 5.74) is 0.0660. The number of hydrogen-bond donors (Lipinski definition) is 3. The Morgan fingerprint density at radius 1 is 1.21 bits per heavy atom. The lowest BCUT2D eigenvalue weighted by Gasteiger charge is -2.29. The standard InChI is InChI=1S/C21H22FN3O4/c1-11-8-15(19(26)23-17-10-13(28-2)5-7-18(17)29-3)21(25-11)14-9-12(22)4-6-16(14)24-20(21)27/h4-7,9-11,15,25H,8H2,1-3H3,(H,23,26)(H,24,27)/t11-,15+,21-/m0/s1. The van der Waals surface area contributed by atoms with Gasteiger partial charge in [0.25, 0.3) is 0 Å². The average molecular weight is 399 g/mol. The number of fused-ring (bicyclic) bond motifs is 2. The molecule has 1 fully saturated rings. The van der Waals surface area contributed by atoms with Crippen molar-refractivity contribution in [3.05, 3.63) is 47.8 Å². The molecule has 1 spiro atoms. The molecule has 2 heterocycles. The first kappa shape index (κ1) is 19.2. The maximum Gasteiger partial charge on any atom is 0.250 e. The summed E-state index contributed by atoms with van der Waals surface area (Å²) in [6.07, 6.45) is 0.418. The first-order chi connectivity index (χ1) is 13.9. The summed E-state index contributed by atoms with van der Waals surface area (Å²) in [7, 11) is 3.03. The van der Waals surface area contributed by atoms with Crippen LogP contribution in [0.2, 0.25) is 0 Å². The van der Waals surface area contributed by atoms with Crippen molar-refractivity contribution < 1.29 is 23.5 Å². The van der Waals surface area contributed by atoms with Crippen molar-refractivity contribution in [2.75, 3.05) is 24.9 Å². The van der Waals surface area contributed by atoms with Gasteiger partial charge < -0.3 is 20.1 Å². The molecule has 4 rings (SSSR count). The molecular formula is C21H22FN3O4. The van der Waals surface area contributed by atoms with Crippen molar-refractivity contribution in [1.82, 2.24) is 5.32 Å². The van der Waals surface area contributed by atoms with Crippen LogP contribution in [0.5, 0.6) is 11.5 Å². The number of carbonyl (C=O) groups is 2. The summed E-state index contributed by atoms with van der Waals surface area (Å²) in [6, 6.07) is 9.06. The molecule has 8 heteroatoms. The highest BCUT2D eigenvalue weighted by molar-refractivity contribution is 6.10. The largest absolute Gasteiger partial charge is 0.497 e. The highest BCUT2D eigenvalue weighted by Gasteiger charge is 2.59. The van der Waals surface area contributed by atoms with Crippen molar-refractivity contribution in [2.45, 2.75) is 24.9 Å². The van der Waals surface area contributed by atoms with Crippen LogP contribution in [0.4, 0.5) is 15.8 Å². The molecule has 2 aromatic carbocycles. The third-order valence-electron chi connectivity index (χ3n) is 5.58. The first-order valence-corrected chi connectivity index (χ1v) is 9.31. The van der Waals surface area contributed by atoms with Crippen molar-refractivity contribution in [1.29, 1.82) is 0 Å². The molecule has 0 saturated carbocycles. The molecule has 1 saturated heterocycles. The molecule has 0 aliphatic carbocycles. The number of benzene rings is 2. The Kier molecular flexibility index (Phi) is 4.66. The molecule has 29 heavy (non-hydrogen) atoms. The molecule has 152 valence electrons. The van der Waals surface area contributed by atoms with E-state index in [1.807, 2.05) is 6.92 Å². The van der Waals surface area contributed by atoms with Crippen LogP contribution in [0.3, 0.4) is 0 Å². The molecule has 3 N–H and O–H groups in total. The third kappa shape index (κ3) is 3.00. The van der Waals surface area contributed by atoms with E-state index < -0.39 is 17.3 Å². The minimum absolute atomic E-state index is 0.113. The molecular weight excluding hydrogens is 377 g/mol. The lowest BCUT2D eigenvalue weighted by molar-refractivity contribution is -0.130. The Balaban J connectivity index is 1.73. The second-order valence-electron chi connectivity index (χ2n) is 7.34. The van der Waals surface area contributed by atoms with E-state index in [0.717, 1.165) is 0 Å². The molecule has 2 aliphatic heterocycles. The van der Waals surface area contributed by atoms with Gasteiger partial charge in [0, 0.05) is 23.4 Å². The molecule has 0 radical (unpaired) electrons. The summed E-state index contributed by atoms with van der Waals surface area (Å²) in [5.74, 6) is -0.902. The Morgan fingerprint density at radius 2 is 2.00 bits per heavy atom. The van der Waals surface area contributed by atoms with E-state index >= 15 is 0 Å². The minimum Gasteiger partial charge on any atom is -0.497 e. The summed E-state index contributed by atoms with van der Waals surface area (Å²) in [5, 5.41) is 8.87. The van der Waals surface area contributed by atoms with Crippen molar-refractivity contribution in [3.8, 4) is 11.5 Å². The van der Waals surface area contributed by atoms with E-state index in [4.69, 9.17) is 9.47 Å². The zero-order valence-electron chi connectivity index (χ0n) is 16.3. The first-order valence-electron chi connectivity index (χ1n) is 9.31. The number of carbonyl (C=O) groups excluding carboxylic acids is 2. The summed E-state index contributed by atoms with van der Waals surface area (Å²) in [6.45, 7) is 1.89. The van der Waals surface area contributed by atoms with Gasteiger partial charge >= 0.3 is 0 Å². The summed E-state index contributed by atoms with van der Waals surface area (Å²) >= 11 is 0. The Morgan fingerprint density at radius 3 is 2.72 bits per heavy atom. The maximum absolute atomic E-state index is 14.0. The number of ether oxygens (including phenoxy) is 2. The van der Waals surface area contributed by atoms with Crippen LogP contribution in [0.25, 0.3) is 0 Å². The number of methoxy groups -OCH3 is 2. The van der Waals surface area contributed by atoms with Crippen LogP contribution in [0.15, 0.2) is 36.4 Å². The van der Waals surface area contributed by atoms with Gasteiger partial charge in [0.15, 0.2) is 0 Å². The van der Waals surface area contributed by atoms with E-state index in [1.54, 1.807) is 18.2 Å². The zero-order valence-corrected chi connectivity index (χ0v) is 16.3. The van der Waals surface area contributed by atoms with Crippen LogP contribution in [-0.2, 0) is 15.1 Å². The number of amides is 2. The SMILES string of the molecule is COc1ccc(OC)c(NC(=O)[C@H]2C[C@H](C)N[C@]23C(=O)Nc2ccc(F)cc23)c1. The number of anilines is 2. The quantitative estimate of drug-likeness (QED) is 0.736. The van der Waals surface area contributed by atoms with Crippen molar-refractivity contribution >= 4 is 23.2 Å². The van der Waals surface area contributed by atoms with Gasteiger partial charge in [0.2, 0.25) is 11.8 Å². The van der Waals surface area contributed by atoms with Crippen LogP contribution in [0, 0.1) is 11.7 Å². The third-order valence-corrected chi connectivity index (χ3v) is 5.58. The van der Waals surface area contributed by atoms with E-state index in [9.17, 15) is 14.0 Å². The molecule has 0 bridgehead atoms. The number of hydrogen-bond acceptors (Lipinski definition) is 5. The Bertz CT molecular complexity index is 996. The second kappa shape index (κ2) is 7.04. The molecule has 7 nitrogen and oxygen atoms in total. The lowest BCUT2D eigenvalue weighted by Crippen LogP contribution is -2.52. The molecule has 0 aromatic heterocycles. The zero-order chi connectivity index (χ0) is 20.8. The maximum atomic E-state index is 14.0. The molecule has 2 aromatic rings. The van der Waals surface area contributed by atoms with Gasteiger partial charge in [-0.1, -0.05) is 0 Å². The fourth-order valence-corrected chi connectivity index (χ4v) is 4.30. The molecule has 0 unspecified atom stereocenters. The predicted molar refractivity (Wildman–Crippen MR) is 106 cm³/mol. The number of halogens is 1. The van der Waals surface area contributed by atoms with Crippen molar-refractivity contribution in [2.24, 2.45) is 5.92 Å². The average Bonchev–Trinajstić information content (AvgIpc) is 3.19. The predicted octanol–water partition coefficient (Wildman–Crippen LogP) is 2.63. The summed E-state index contributed by atoms with van der Waals surface area (Å²) in [4.78, 5) is 26.3. The second-order valence-corrected chi connectivity index (χ2v) is 7.34. The van der Waals surface area contributed by atoms with Gasteiger partial charge in [-0.05, 0) is 43.7 Å². The van der Waals surface area contributed by atoms with Gasteiger partial charge in [-0.25, -0.2) is 4.39 Å². The van der Waals surface area contributed by atoms with E-state index in [-0.39, 0.29) is 17.9 Å². The van der Waals surface area contributed by atoms with Gasteiger partial charge in [-0.3, -0.25) is 14.9 Å². The monoisotopic (exact) mass is 399 g/mol. The fourth-order valence-electron chi connectivity index (χ4n) is 4.30. The Labute approximate surface area is 167 Å². The van der Waals surface area contributed by atoms with Crippen molar-refractivity contribution in [3.63, 3.8) is 0 Å². The Hall–Kier alpha value is -3.13. The van der Waals surface area contributed by atoms with Crippen LogP contribution < -0.4 is 25.4 Å². The van der Waals surface area contributed by atoms with Crippen LogP contribution in [-0.4, -0.2) is 32.1 Å². The smallest absolute Gasteiger partial charge is 0.250 e. The van der Waals surface area contributed by atoms with Gasteiger partial charge in [0.1, 0.15) is 22.9 Å². The minimum atomic E-state index is -1.33. The van der Waals surface area contributed by atoms with Gasteiger partial charge in [-0.2, -0.15) is 0 Å². The normalized spacial score (nSPS) is 24.9. The highest BCUT2D eigenvalue weighted by atomic mass is 19.1. The van der Waals surface area contributed by atoms with Crippen LogP contribution >= 0.6 is 0 Å². The summed E-state index contributed by atoms with van der Waals surface area (Å²) < 4.78 is 24.5. The lowest BCUT2D eigenvalue weighted by atomic mass is 9.79. The number of rotatable bonds is 4. The van der Waals surface area contributed by atoms with E-state index in [0.29, 0.717) is 34.9 Å². The van der Waals surface area contributed by atoms with E-state index in [1.165, 1.54) is 32.4 Å². The van der Waals surface area contributed by atoms with Crippen LogP contribution in [0.1, 0.15) is 18.9 Å². The molecule has 2 amide bonds. The van der Waals surface area contributed by atoms with E-state index in [2.05, 4.69) is 16.0 Å². The van der Waals surface area contributed by atoms with Gasteiger partial charge in [0.05, 0.1) is 25.8 Å².